The third-order valence-corrected chi connectivity index (χ3v) is 3.62. The summed E-state index contributed by atoms with van der Waals surface area (Å²) in [5.41, 5.74) is 0.00605. The summed E-state index contributed by atoms with van der Waals surface area (Å²) < 4.78 is 5.34. The van der Waals surface area contributed by atoms with Gasteiger partial charge in [-0.1, -0.05) is 11.6 Å². The molecule has 0 bridgehead atoms. The molecule has 116 valence electrons. The van der Waals surface area contributed by atoms with E-state index in [1.165, 1.54) is 18.2 Å². The van der Waals surface area contributed by atoms with Crippen LogP contribution in [0.2, 0.25) is 5.02 Å². The van der Waals surface area contributed by atoms with Gasteiger partial charge in [-0.3, -0.25) is 10.1 Å². The number of hydrogen-bond acceptors (Lipinski definition) is 7. The van der Waals surface area contributed by atoms with Gasteiger partial charge in [0.15, 0.2) is 6.23 Å². The van der Waals surface area contributed by atoms with E-state index < -0.39 is 35.6 Å². The summed E-state index contributed by atoms with van der Waals surface area (Å²) in [6, 6.07) is 4.01. The summed E-state index contributed by atoms with van der Waals surface area (Å²) in [5, 5.41) is 42.7. The maximum absolute atomic E-state index is 10.8. The Hall–Kier alpha value is -1.45. The van der Waals surface area contributed by atoms with E-state index in [2.05, 4.69) is 5.32 Å². The minimum absolute atomic E-state index is 0.0144. The SMILES string of the molecule is C[C@@H]1O[C@@H](Nc2ccc(Cl)c([N+](=O)[O-])c2)[C@@H](O)[C@@H](O)[C@H]1O. The van der Waals surface area contributed by atoms with Crippen molar-refractivity contribution in [3.05, 3.63) is 33.3 Å². The molecule has 1 aromatic carbocycles. The van der Waals surface area contributed by atoms with Crippen molar-refractivity contribution in [3.63, 3.8) is 0 Å². The maximum Gasteiger partial charge on any atom is 0.289 e. The maximum atomic E-state index is 10.8. The van der Waals surface area contributed by atoms with Crippen LogP contribution in [0.25, 0.3) is 0 Å². The summed E-state index contributed by atoms with van der Waals surface area (Å²) in [7, 11) is 0. The average molecular weight is 319 g/mol. The number of aliphatic hydroxyl groups excluding tert-OH is 3. The van der Waals surface area contributed by atoms with Crippen LogP contribution in [-0.4, -0.2) is 50.9 Å². The lowest BCUT2D eigenvalue weighted by atomic mass is 9.99. The molecule has 9 heteroatoms. The molecule has 0 amide bonds. The van der Waals surface area contributed by atoms with Gasteiger partial charge in [0.2, 0.25) is 0 Å². The number of nitro benzene ring substituents is 1. The van der Waals surface area contributed by atoms with Gasteiger partial charge in [0.1, 0.15) is 23.3 Å². The highest BCUT2D eigenvalue weighted by Crippen LogP contribution is 2.29. The second-order valence-electron chi connectivity index (χ2n) is 4.80. The fraction of sp³-hybridized carbons (Fsp3) is 0.500. The van der Waals surface area contributed by atoms with Crippen LogP contribution in [0.15, 0.2) is 18.2 Å². The molecule has 1 fully saturated rings. The third kappa shape index (κ3) is 3.25. The first-order valence-corrected chi connectivity index (χ1v) is 6.59. The molecular weight excluding hydrogens is 304 g/mol. The molecule has 4 N–H and O–H groups in total. The number of nitro groups is 1. The number of nitrogens with one attached hydrogen (secondary N) is 1. The number of anilines is 1. The fourth-order valence-corrected chi connectivity index (χ4v) is 2.26. The normalized spacial score (nSPS) is 32.7. The first-order valence-electron chi connectivity index (χ1n) is 6.21. The van der Waals surface area contributed by atoms with E-state index in [4.69, 9.17) is 16.3 Å². The third-order valence-electron chi connectivity index (χ3n) is 3.30. The van der Waals surface area contributed by atoms with Gasteiger partial charge in [0, 0.05) is 11.8 Å². The molecule has 0 unspecified atom stereocenters. The van der Waals surface area contributed by atoms with Gasteiger partial charge in [-0.2, -0.15) is 0 Å². The molecule has 0 aromatic heterocycles. The highest BCUT2D eigenvalue weighted by Gasteiger charge is 2.41. The predicted octanol–water partition coefficient (Wildman–Crippen LogP) is 0.488. The summed E-state index contributed by atoms with van der Waals surface area (Å²) in [6.07, 6.45) is -5.69. The van der Waals surface area contributed by atoms with Gasteiger partial charge < -0.3 is 25.4 Å². The van der Waals surface area contributed by atoms with Crippen molar-refractivity contribution in [1.29, 1.82) is 0 Å². The number of aliphatic hydroxyl groups is 3. The Balaban J connectivity index is 2.18. The Morgan fingerprint density at radius 2 is 1.95 bits per heavy atom. The molecule has 5 atom stereocenters. The minimum Gasteiger partial charge on any atom is -0.388 e. The van der Waals surface area contributed by atoms with E-state index in [1.807, 2.05) is 0 Å². The molecule has 8 nitrogen and oxygen atoms in total. The summed E-state index contributed by atoms with van der Waals surface area (Å²) in [5.74, 6) is 0. The zero-order valence-electron chi connectivity index (χ0n) is 11.0. The molecule has 0 aliphatic carbocycles. The molecule has 1 heterocycles. The standard InChI is InChI=1S/C12H15ClN2O6/c1-5-9(16)10(17)11(18)12(21-5)14-6-2-3-7(13)8(4-6)15(19)20/h2-5,9-12,14,16-18H,1H3/t5-,9-,10-,11-,12+/m0/s1. The minimum atomic E-state index is -1.38. The molecule has 0 saturated carbocycles. The Morgan fingerprint density at radius 3 is 2.57 bits per heavy atom. The van der Waals surface area contributed by atoms with E-state index in [1.54, 1.807) is 6.92 Å². The number of halogens is 1. The fourth-order valence-electron chi connectivity index (χ4n) is 2.08. The van der Waals surface area contributed by atoms with E-state index in [0.717, 1.165) is 0 Å². The van der Waals surface area contributed by atoms with E-state index >= 15 is 0 Å². The summed E-state index contributed by atoms with van der Waals surface area (Å²) in [6.45, 7) is 1.54. The quantitative estimate of drug-likeness (QED) is 0.472. The lowest BCUT2D eigenvalue weighted by Crippen LogP contribution is -2.58. The van der Waals surface area contributed by atoms with Crippen molar-refractivity contribution in [2.24, 2.45) is 0 Å². The van der Waals surface area contributed by atoms with Gasteiger partial charge >= 0.3 is 0 Å². The van der Waals surface area contributed by atoms with Crippen LogP contribution in [0.4, 0.5) is 11.4 Å². The molecule has 0 spiro atoms. The van der Waals surface area contributed by atoms with Crippen molar-refractivity contribution in [2.45, 2.75) is 37.6 Å². The Labute approximate surface area is 125 Å². The molecule has 1 aromatic rings. The van der Waals surface area contributed by atoms with Crippen LogP contribution in [0.5, 0.6) is 0 Å². The molecule has 1 aliphatic heterocycles. The highest BCUT2D eigenvalue weighted by molar-refractivity contribution is 6.32. The first-order chi connectivity index (χ1) is 9.81. The van der Waals surface area contributed by atoms with Crippen LogP contribution in [0.1, 0.15) is 6.92 Å². The van der Waals surface area contributed by atoms with Gasteiger partial charge in [0.05, 0.1) is 11.0 Å². The number of ether oxygens (including phenoxy) is 1. The number of benzene rings is 1. The first kappa shape index (κ1) is 15.9. The number of rotatable bonds is 3. The molecule has 1 aliphatic rings. The van der Waals surface area contributed by atoms with Crippen LogP contribution in [0, 0.1) is 10.1 Å². The Kier molecular flexibility index (Phi) is 4.64. The van der Waals surface area contributed by atoms with E-state index in [9.17, 15) is 25.4 Å². The summed E-state index contributed by atoms with van der Waals surface area (Å²) >= 11 is 5.70. The van der Waals surface area contributed by atoms with Crippen molar-refractivity contribution in [3.8, 4) is 0 Å². The lowest BCUT2D eigenvalue weighted by molar-refractivity contribution is -0.384. The van der Waals surface area contributed by atoms with Crippen molar-refractivity contribution >= 4 is 23.0 Å². The summed E-state index contributed by atoms with van der Waals surface area (Å²) in [4.78, 5) is 10.2. The van der Waals surface area contributed by atoms with Crippen LogP contribution in [-0.2, 0) is 4.74 Å². The molecule has 2 rings (SSSR count). The zero-order chi connectivity index (χ0) is 15.7. The predicted molar refractivity (Wildman–Crippen MR) is 74.1 cm³/mol. The van der Waals surface area contributed by atoms with E-state index in [0.29, 0.717) is 5.69 Å². The number of hydrogen-bond donors (Lipinski definition) is 4. The van der Waals surface area contributed by atoms with Gasteiger partial charge in [-0.15, -0.1) is 0 Å². The molecular formula is C12H15ClN2O6. The molecule has 21 heavy (non-hydrogen) atoms. The van der Waals surface area contributed by atoms with Crippen LogP contribution < -0.4 is 5.32 Å². The smallest absolute Gasteiger partial charge is 0.289 e. The Bertz CT molecular complexity index is 542. The van der Waals surface area contributed by atoms with Crippen LogP contribution in [0.3, 0.4) is 0 Å². The topological polar surface area (TPSA) is 125 Å². The second-order valence-corrected chi connectivity index (χ2v) is 5.21. The van der Waals surface area contributed by atoms with E-state index in [-0.39, 0.29) is 10.7 Å². The molecule has 0 radical (unpaired) electrons. The monoisotopic (exact) mass is 318 g/mol. The van der Waals surface area contributed by atoms with Crippen molar-refractivity contribution in [1.82, 2.24) is 0 Å². The largest absolute Gasteiger partial charge is 0.388 e. The second kappa shape index (κ2) is 6.12. The molecule has 1 saturated heterocycles. The lowest BCUT2D eigenvalue weighted by Gasteiger charge is -2.39. The van der Waals surface area contributed by atoms with Gasteiger partial charge in [0.25, 0.3) is 5.69 Å². The van der Waals surface area contributed by atoms with Crippen LogP contribution >= 0.6 is 11.6 Å². The average Bonchev–Trinajstić information content (AvgIpc) is 2.44. The van der Waals surface area contributed by atoms with Crippen molar-refractivity contribution < 1.29 is 25.0 Å². The highest BCUT2D eigenvalue weighted by atomic mass is 35.5. The number of nitrogens with zero attached hydrogens (tertiary/aromatic N) is 1. The van der Waals surface area contributed by atoms with Gasteiger partial charge in [-0.05, 0) is 19.1 Å². The zero-order valence-corrected chi connectivity index (χ0v) is 11.8. The van der Waals surface area contributed by atoms with Gasteiger partial charge in [-0.25, -0.2) is 0 Å². The van der Waals surface area contributed by atoms with Crippen molar-refractivity contribution in [2.75, 3.05) is 5.32 Å². The Morgan fingerprint density at radius 1 is 1.29 bits per heavy atom.